The van der Waals surface area contributed by atoms with Gasteiger partial charge in [-0.2, -0.15) is 0 Å². The molecule has 3 aromatic carbocycles. The smallest absolute Gasteiger partial charge is 0.335 e. The Morgan fingerprint density at radius 2 is 1.48 bits per heavy atom. The molecule has 0 saturated carbocycles. The fourth-order valence-corrected chi connectivity index (χ4v) is 5.39. The Hall–Kier alpha value is -4.80. The Morgan fingerprint density at radius 3 is 2.05 bits per heavy atom. The van der Waals surface area contributed by atoms with Gasteiger partial charge in [0, 0.05) is 40.9 Å². The van der Waals surface area contributed by atoms with Crippen LogP contribution >= 0.6 is 0 Å². The van der Waals surface area contributed by atoms with Crippen molar-refractivity contribution >= 4 is 23.5 Å². The molecule has 0 aliphatic carbocycles. The Bertz CT molecular complexity index is 1610. The van der Waals surface area contributed by atoms with Gasteiger partial charge in [0.15, 0.2) is 0 Å². The van der Waals surface area contributed by atoms with Crippen LogP contribution in [-0.2, 0) is 11.2 Å². The number of aromatic nitrogens is 1. The molecule has 10 heteroatoms. The highest BCUT2D eigenvalue weighted by Gasteiger charge is 2.30. The van der Waals surface area contributed by atoms with Crippen molar-refractivity contribution < 1.29 is 39.2 Å². The molecular weight excluding hydrogens is 567 g/mol. The molecule has 1 aromatic heterocycles. The number of aromatic carboxylic acids is 1. The van der Waals surface area contributed by atoms with Crippen LogP contribution in [0.1, 0.15) is 65.7 Å². The second-order valence-corrected chi connectivity index (χ2v) is 10.9. The molecule has 0 aliphatic rings. The molecule has 4 aromatic rings. The molecule has 0 saturated heterocycles. The molecule has 2 atom stereocenters. The number of carboxylic acid groups (broad SMARTS) is 2. The van der Waals surface area contributed by atoms with Crippen LogP contribution in [0.25, 0.3) is 22.3 Å². The third kappa shape index (κ3) is 7.58. The van der Waals surface area contributed by atoms with E-state index in [1.165, 1.54) is 36.4 Å². The van der Waals surface area contributed by atoms with Gasteiger partial charge in [0.2, 0.25) is 0 Å². The van der Waals surface area contributed by atoms with E-state index in [2.05, 4.69) is 5.32 Å². The fourth-order valence-electron chi connectivity index (χ4n) is 5.39. The monoisotopic (exact) mass is 601 g/mol. The van der Waals surface area contributed by atoms with Crippen molar-refractivity contribution in [2.24, 2.45) is 0 Å². The van der Waals surface area contributed by atoms with Crippen molar-refractivity contribution in [2.45, 2.75) is 57.8 Å². The van der Waals surface area contributed by atoms with Crippen molar-refractivity contribution in [3.8, 4) is 22.3 Å². The Morgan fingerprint density at radius 1 is 0.864 bits per heavy atom. The quantitative estimate of drug-likeness (QED) is 0.174. The van der Waals surface area contributed by atoms with Gasteiger partial charge in [0.25, 0.3) is 5.91 Å². The highest BCUT2D eigenvalue weighted by molar-refractivity contribution is 6.11. The average molecular weight is 602 g/mol. The lowest BCUT2D eigenvalue weighted by Gasteiger charge is -2.20. The van der Waals surface area contributed by atoms with Crippen LogP contribution in [0, 0.1) is 5.82 Å². The lowest BCUT2D eigenvalue weighted by molar-refractivity contribution is -0.307. The number of carbonyl (C=O) groups is 3. The zero-order valence-corrected chi connectivity index (χ0v) is 24.4. The Labute approximate surface area is 254 Å². The first kappa shape index (κ1) is 32.1. The van der Waals surface area contributed by atoms with Gasteiger partial charge in [0.1, 0.15) is 11.5 Å². The summed E-state index contributed by atoms with van der Waals surface area (Å²) in [5.74, 6) is -3.40. The lowest BCUT2D eigenvalue weighted by atomic mass is 9.92. The maximum Gasteiger partial charge on any atom is 0.335 e. The molecule has 1 amide bonds. The molecule has 0 fully saturated rings. The van der Waals surface area contributed by atoms with Crippen LogP contribution in [0.2, 0.25) is 0 Å². The molecule has 0 aliphatic heterocycles. The van der Waals surface area contributed by atoms with Gasteiger partial charge in [-0.3, -0.25) is 4.79 Å². The minimum absolute atomic E-state index is 0.0719. The summed E-state index contributed by atoms with van der Waals surface area (Å²) in [6.45, 7) is 3.82. The van der Waals surface area contributed by atoms with Gasteiger partial charge in [-0.1, -0.05) is 42.5 Å². The van der Waals surface area contributed by atoms with E-state index in [-0.39, 0.29) is 30.9 Å². The summed E-state index contributed by atoms with van der Waals surface area (Å²) in [6.07, 6.45) is -2.72. The SMILES string of the molecule is CC(C)n1c(CC[C@@H](O)C[C@@H](O)CC(=O)[O-])c(-c2ccc(F)cc2)c(-c2ccccc2)c1C(=O)Nc1ccc(C(=O)O)cc1. The van der Waals surface area contributed by atoms with Crippen LogP contribution in [0.15, 0.2) is 78.9 Å². The van der Waals surface area contributed by atoms with E-state index in [0.29, 0.717) is 33.8 Å². The summed E-state index contributed by atoms with van der Waals surface area (Å²) in [6, 6.07) is 20.7. The number of rotatable bonds is 13. The number of benzene rings is 3. The zero-order valence-electron chi connectivity index (χ0n) is 24.4. The van der Waals surface area contributed by atoms with E-state index in [1.54, 1.807) is 12.1 Å². The van der Waals surface area contributed by atoms with Crippen molar-refractivity contribution in [3.05, 3.63) is 102 Å². The Kier molecular flexibility index (Phi) is 10.3. The maximum absolute atomic E-state index is 14.1. The summed E-state index contributed by atoms with van der Waals surface area (Å²) in [5, 5.41) is 43.8. The largest absolute Gasteiger partial charge is 0.550 e. The fraction of sp³-hybridized carbons (Fsp3) is 0.265. The zero-order chi connectivity index (χ0) is 32.0. The molecular formula is C34H34FN2O7-. The van der Waals surface area contributed by atoms with Crippen molar-refractivity contribution in [2.75, 3.05) is 5.32 Å². The van der Waals surface area contributed by atoms with Gasteiger partial charge in [-0.05, 0) is 80.6 Å². The number of carbonyl (C=O) groups excluding carboxylic acids is 2. The summed E-state index contributed by atoms with van der Waals surface area (Å²) in [4.78, 5) is 36.3. The number of hydrogen-bond acceptors (Lipinski definition) is 6. The molecule has 1 heterocycles. The first-order chi connectivity index (χ1) is 21.0. The summed E-state index contributed by atoms with van der Waals surface area (Å²) >= 11 is 0. The predicted molar refractivity (Wildman–Crippen MR) is 162 cm³/mol. The van der Waals surface area contributed by atoms with E-state index >= 15 is 0 Å². The van der Waals surface area contributed by atoms with Gasteiger partial charge < -0.3 is 35.1 Å². The molecule has 0 spiro atoms. The van der Waals surface area contributed by atoms with Crippen molar-refractivity contribution in [1.29, 1.82) is 0 Å². The van der Waals surface area contributed by atoms with Crippen LogP contribution in [-0.4, -0.2) is 49.9 Å². The summed E-state index contributed by atoms with van der Waals surface area (Å²) in [5.41, 5.74) is 4.08. The third-order valence-corrected chi connectivity index (χ3v) is 7.28. The number of anilines is 1. The number of aliphatic carboxylic acids is 1. The first-order valence-electron chi connectivity index (χ1n) is 14.2. The van der Waals surface area contributed by atoms with E-state index < -0.39 is 42.3 Å². The third-order valence-electron chi connectivity index (χ3n) is 7.28. The molecule has 0 unspecified atom stereocenters. The van der Waals surface area contributed by atoms with Crippen LogP contribution in [0.3, 0.4) is 0 Å². The minimum Gasteiger partial charge on any atom is -0.550 e. The van der Waals surface area contributed by atoms with Crippen LogP contribution < -0.4 is 10.4 Å². The number of halogens is 1. The predicted octanol–water partition coefficient (Wildman–Crippen LogP) is 4.68. The molecule has 0 radical (unpaired) electrons. The maximum atomic E-state index is 14.1. The normalized spacial score (nSPS) is 12.6. The molecule has 9 nitrogen and oxygen atoms in total. The minimum atomic E-state index is -1.42. The number of hydrogen-bond donors (Lipinski definition) is 4. The van der Waals surface area contributed by atoms with Crippen LogP contribution in [0.5, 0.6) is 0 Å². The molecule has 4 N–H and O–H groups in total. The molecule has 0 bridgehead atoms. The highest BCUT2D eigenvalue weighted by Crippen LogP contribution is 2.43. The Balaban J connectivity index is 1.88. The van der Waals surface area contributed by atoms with Crippen LogP contribution in [0.4, 0.5) is 10.1 Å². The number of carboxylic acids is 2. The van der Waals surface area contributed by atoms with Gasteiger partial charge in [0.05, 0.1) is 17.8 Å². The van der Waals surface area contributed by atoms with E-state index in [1.807, 2.05) is 48.7 Å². The summed E-state index contributed by atoms with van der Waals surface area (Å²) < 4.78 is 15.9. The average Bonchev–Trinajstić information content (AvgIpc) is 3.32. The van der Waals surface area contributed by atoms with Crippen molar-refractivity contribution in [1.82, 2.24) is 4.57 Å². The van der Waals surface area contributed by atoms with E-state index in [4.69, 9.17) is 0 Å². The number of aliphatic hydroxyl groups excluding tert-OH is 2. The van der Waals surface area contributed by atoms with Crippen molar-refractivity contribution in [3.63, 3.8) is 0 Å². The van der Waals surface area contributed by atoms with E-state index in [0.717, 1.165) is 5.56 Å². The number of nitrogens with one attached hydrogen (secondary N) is 1. The van der Waals surface area contributed by atoms with Gasteiger partial charge in [-0.25, -0.2) is 9.18 Å². The standard InChI is InChI=1S/C34H35FN2O7/c1-20(2)37-28(17-16-26(38)18-27(39)19-29(40)41)30(22-8-12-24(35)13-9-22)31(21-6-4-3-5-7-21)32(37)33(42)36-25-14-10-23(11-15-25)34(43)44/h3-15,20,26-27,38-39H,16-19H2,1-2H3,(H,36,42)(H,40,41)(H,43,44)/p-1/t26-,27-/m1/s1. The molecule has 44 heavy (non-hydrogen) atoms. The second kappa shape index (κ2) is 14.1. The molecule has 4 rings (SSSR count). The second-order valence-electron chi connectivity index (χ2n) is 10.9. The number of amides is 1. The van der Waals surface area contributed by atoms with E-state index in [9.17, 15) is 39.2 Å². The van der Waals surface area contributed by atoms with Gasteiger partial charge >= 0.3 is 5.97 Å². The molecule has 230 valence electrons. The lowest BCUT2D eigenvalue weighted by Crippen LogP contribution is -2.29. The number of aliphatic hydroxyl groups is 2. The highest BCUT2D eigenvalue weighted by atomic mass is 19.1. The number of nitrogens with zero attached hydrogens (tertiary/aromatic N) is 1. The summed E-state index contributed by atoms with van der Waals surface area (Å²) in [7, 11) is 0. The first-order valence-corrected chi connectivity index (χ1v) is 14.2. The van der Waals surface area contributed by atoms with Gasteiger partial charge in [-0.15, -0.1) is 0 Å². The topological polar surface area (TPSA) is 152 Å².